The van der Waals surface area contributed by atoms with Gasteiger partial charge in [-0.15, -0.1) is 0 Å². The number of amidine groups is 1. The molecule has 0 unspecified atom stereocenters. The Hall–Kier alpha value is -4.28. The topological polar surface area (TPSA) is 142 Å². The number of ether oxygens (including phenoxy) is 1. The van der Waals surface area contributed by atoms with Gasteiger partial charge < -0.3 is 25.5 Å². The van der Waals surface area contributed by atoms with E-state index in [1.165, 1.54) is 25.6 Å². The molecular weight excluding hydrogens is 554 g/mol. The first kappa shape index (κ1) is 30.7. The number of hydrogen-bond donors (Lipinski definition) is 3. The Kier molecular flexibility index (Phi) is 11.0. The Balaban J connectivity index is 0.00000129. The number of aliphatic imine (C=N–C) groups is 2. The van der Waals surface area contributed by atoms with Gasteiger partial charge in [0.1, 0.15) is 18.3 Å². The molecule has 11 heteroatoms. The molecule has 0 aliphatic heterocycles. The molecular formula is C31H36ClN7O3. The molecule has 2 aromatic heterocycles. The normalized spacial score (nSPS) is 14.2. The summed E-state index contributed by atoms with van der Waals surface area (Å²) in [5.74, 6) is 0.437. The zero-order valence-electron chi connectivity index (χ0n) is 23.8. The first-order valence-electron chi connectivity index (χ1n) is 13.9. The minimum atomic E-state index is -0.250. The number of nitrogens with one attached hydrogen (secondary N) is 1. The highest BCUT2D eigenvalue weighted by atomic mass is 35.5. The van der Waals surface area contributed by atoms with Crippen molar-refractivity contribution < 1.29 is 14.6 Å². The third-order valence-corrected chi connectivity index (χ3v) is 7.15. The molecule has 5 rings (SSSR count). The van der Waals surface area contributed by atoms with Gasteiger partial charge in [-0.25, -0.2) is 9.98 Å². The van der Waals surface area contributed by atoms with E-state index in [0.29, 0.717) is 34.8 Å². The molecule has 4 aromatic rings. The van der Waals surface area contributed by atoms with Crippen LogP contribution in [-0.2, 0) is 4.79 Å². The van der Waals surface area contributed by atoms with Gasteiger partial charge in [0.2, 0.25) is 0 Å². The second-order valence-corrected chi connectivity index (χ2v) is 10.6. The van der Waals surface area contributed by atoms with Gasteiger partial charge in [-0.1, -0.05) is 66.6 Å². The van der Waals surface area contributed by atoms with Crippen molar-refractivity contribution in [2.24, 2.45) is 15.7 Å². The molecule has 0 saturated heterocycles. The van der Waals surface area contributed by atoms with Crippen LogP contribution in [0.2, 0.25) is 5.02 Å². The maximum atomic E-state index is 8.36. The zero-order valence-corrected chi connectivity index (χ0v) is 24.6. The minimum absolute atomic E-state index is 0.214. The first-order chi connectivity index (χ1) is 20.4. The number of nitrogens with two attached hydrogens (primary N) is 1. The number of imidazole rings is 1. The summed E-state index contributed by atoms with van der Waals surface area (Å²) in [4.78, 5) is 31.5. The molecule has 220 valence electrons. The van der Waals surface area contributed by atoms with Gasteiger partial charge in [-0.3, -0.25) is 9.79 Å². The highest BCUT2D eigenvalue weighted by Crippen LogP contribution is 2.32. The van der Waals surface area contributed by atoms with Crippen molar-refractivity contribution in [1.29, 1.82) is 0 Å². The fraction of sp³-hybridized carbons (Fsp3) is 0.323. The Morgan fingerprint density at radius 2 is 1.69 bits per heavy atom. The molecule has 0 amide bonds. The summed E-state index contributed by atoms with van der Waals surface area (Å²) >= 11 is 6.62. The van der Waals surface area contributed by atoms with Crippen LogP contribution in [0.4, 0.5) is 0 Å². The van der Waals surface area contributed by atoms with Crippen LogP contribution in [0.25, 0.3) is 33.5 Å². The summed E-state index contributed by atoms with van der Waals surface area (Å²) in [6.45, 7) is 1.31. The van der Waals surface area contributed by atoms with Crippen LogP contribution >= 0.6 is 11.6 Å². The third kappa shape index (κ3) is 8.37. The van der Waals surface area contributed by atoms with E-state index in [1.807, 2.05) is 56.6 Å². The molecule has 10 nitrogen and oxygen atoms in total. The van der Waals surface area contributed by atoms with Crippen molar-refractivity contribution in [2.75, 3.05) is 27.2 Å². The van der Waals surface area contributed by atoms with Gasteiger partial charge >= 0.3 is 0 Å². The molecule has 1 fully saturated rings. The Morgan fingerprint density at radius 1 is 1.07 bits per heavy atom. The van der Waals surface area contributed by atoms with E-state index in [0.717, 1.165) is 47.2 Å². The Morgan fingerprint density at radius 3 is 2.33 bits per heavy atom. The van der Waals surface area contributed by atoms with Crippen molar-refractivity contribution in [3.05, 3.63) is 65.2 Å². The summed E-state index contributed by atoms with van der Waals surface area (Å²) in [6, 6.07) is 18.5. The quantitative estimate of drug-likeness (QED) is 0.130. The number of rotatable bonds is 9. The highest BCUT2D eigenvalue weighted by molar-refractivity contribution is 6.33. The number of hydrogen-bond acceptors (Lipinski definition) is 6. The van der Waals surface area contributed by atoms with E-state index in [9.17, 15) is 0 Å². The van der Waals surface area contributed by atoms with Crippen molar-refractivity contribution in [2.45, 2.75) is 38.2 Å². The van der Waals surface area contributed by atoms with Crippen molar-refractivity contribution in [1.82, 2.24) is 19.9 Å². The second-order valence-electron chi connectivity index (χ2n) is 10.2. The number of likely N-dealkylation sites (N-methyl/N-ethyl adjacent to an activating group) is 1. The number of carbonyl (C=O) groups is 1. The summed E-state index contributed by atoms with van der Waals surface area (Å²) in [5.41, 5.74) is 12.1. The standard InChI is InChI=1S/C30H34ClN7O.CH2O2/c1-38(2)17-16-33-19-34-28(32)23-14-10-21(11-15-23)20-8-12-22(13-9-20)27-25(31)18-26-29(36-27)37-30(35-26)39-24-6-4-3-5-7-24;2-1-3/h8-15,18-19,24H,3-7,16-17H2,1-2H3,(H2,32,33,34)(H,35,36,37);1H,(H,2,3). The van der Waals surface area contributed by atoms with Crippen LogP contribution in [0.1, 0.15) is 37.7 Å². The number of fused-ring (bicyclic) bond motifs is 1. The van der Waals surface area contributed by atoms with Gasteiger partial charge in [-0.2, -0.15) is 4.98 Å². The van der Waals surface area contributed by atoms with Crippen molar-refractivity contribution >= 4 is 41.4 Å². The SMILES string of the molecule is CN(C)CCN=CN=C(N)c1ccc(-c2ccc(-c3nc4nc(OC5CCCCC5)[nH]c4cc3Cl)cc2)cc1.O=CO. The van der Waals surface area contributed by atoms with Gasteiger partial charge in [0.15, 0.2) is 5.65 Å². The smallest absolute Gasteiger partial charge is 0.296 e. The number of aromatic amines is 1. The molecule has 4 N–H and O–H groups in total. The van der Waals surface area contributed by atoms with Gasteiger partial charge in [0.25, 0.3) is 12.5 Å². The molecule has 42 heavy (non-hydrogen) atoms. The summed E-state index contributed by atoms with van der Waals surface area (Å²) in [7, 11) is 4.02. The van der Waals surface area contributed by atoms with Gasteiger partial charge in [0.05, 0.1) is 22.8 Å². The van der Waals surface area contributed by atoms with Crippen LogP contribution < -0.4 is 10.5 Å². The average molecular weight is 590 g/mol. The summed E-state index contributed by atoms with van der Waals surface area (Å²) in [6.07, 6.45) is 7.56. The number of aromatic nitrogens is 3. The number of pyridine rings is 1. The predicted octanol–water partition coefficient (Wildman–Crippen LogP) is 5.65. The molecule has 2 heterocycles. The van der Waals surface area contributed by atoms with E-state index >= 15 is 0 Å². The fourth-order valence-electron chi connectivity index (χ4n) is 4.64. The van der Waals surface area contributed by atoms with Crippen LogP contribution in [0.3, 0.4) is 0 Å². The maximum absolute atomic E-state index is 8.36. The lowest BCUT2D eigenvalue weighted by atomic mass is 9.98. The number of halogens is 1. The number of H-pyrrole nitrogens is 1. The molecule has 2 aromatic carbocycles. The summed E-state index contributed by atoms with van der Waals surface area (Å²) in [5, 5.41) is 7.45. The molecule has 0 atom stereocenters. The number of benzene rings is 2. The Labute approximate surface area is 250 Å². The molecule has 1 saturated carbocycles. The molecule has 0 bridgehead atoms. The number of carboxylic acid groups (broad SMARTS) is 1. The molecule has 1 aliphatic carbocycles. The Bertz CT molecular complexity index is 1510. The van der Waals surface area contributed by atoms with E-state index < -0.39 is 0 Å². The van der Waals surface area contributed by atoms with Crippen molar-refractivity contribution in [3.8, 4) is 28.4 Å². The summed E-state index contributed by atoms with van der Waals surface area (Å²) < 4.78 is 6.08. The lowest BCUT2D eigenvalue weighted by Crippen LogP contribution is -2.20. The van der Waals surface area contributed by atoms with Gasteiger partial charge in [-0.05, 0) is 57.0 Å². The largest absolute Gasteiger partial charge is 0.483 e. The molecule has 0 radical (unpaired) electrons. The fourth-order valence-corrected chi connectivity index (χ4v) is 4.90. The lowest BCUT2D eigenvalue weighted by molar-refractivity contribution is -0.122. The average Bonchev–Trinajstić information content (AvgIpc) is 3.38. The van der Waals surface area contributed by atoms with Gasteiger partial charge in [0, 0.05) is 17.7 Å². The van der Waals surface area contributed by atoms with Crippen molar-refractivity contribution in [3.63, 3.8) is 0 Å². The van der Waals surface area contributed by atoms with E-state index in [2.05, 4.69) is 37.0 Å². The minimum Gasteiger partial charge on any atom is -0.483 e. The van der Waals surface area contributed by atoms with E-state index in [1.54, 1.807) is 0 Å². The van der Waals surface area contributed by atoms with Crippen LogP contribution in [-0.4, -0.2) is 76.9 Å². The lowest BCUT2D eigenvalue weighted by Gasteiger charge is -2.21. The maximum Gasteiger partial charge on any atom is 0.296 e. The monoisotopic (exact) mass is 589 g/mol. The van der Waals surface area contributed by atoms with Crippen LogP contribution in [0.5, 0.6) is 6.01 Å². The zero-order chi connectivity index (χ0) is 29.9. The van der Waals surface area contributed by atoms with E-state index in [-0.39, 0.29) is 12.6 Å². The molecule has 1 aliphatic rings. The second kappa shape index (κ2) is 15.1. The first-order valence-corrected chi connectivity index (χ1v) is 14.2. The third-order valence-electron chi connectivity index (χ3n) is 6.86. The van der Waals surface area contributed by atoms with Crippen LogP contribution in [0, 0.1) is 0 Å². The number of nitrogens with zero attached hydrogens (tertiary/aromatic N) is 5. The van der Waals surface area contributed by atoms with E-state index in [4.69, 9.17) is 37.0 Å². The predicted molar refractivity (Wildman–Crippen MR) is 169 cm³/mol. The van der Waals surface area contributed by atoms with Crippen LogP contribution in [0.15, 0.2) is 64.6 Å². The highest BCUT2D eigenvalue weighted by Gasteiger charge is 2.18. The molecule has 0 spiro atoms.